The van der Waals surface area contributed by atoms with Crippen LogP contribution in [0.3, 0.4) is 0 Å². The van der Waals surface area contributed by atoms with Crippen molar-refractivity contribution in [3.8, 4) is 0 Å². The van der Waals surface area contributed by atoms with Gasteiger partial charge in [-0.1, -0.05) is 13.3 Å². The number of anilines is 2. The third-order valence-corrected chi connectivity index (χ3v) is 4.75. The maximum Gasteiger partial charge on any atom is 0.136 e. The molecule has 0 saturated heterocycles. The zero-order chi connectivity index (χ0) is 13.3. The zero-order valence-electron chi connectivity index (χ0n) is 12.0. The second-order valence-electron chi connectivity index (χ2n) is 6.08. The first kappa shape index (κ1) is 12.7. The molecule has 0 radical (unpaired) electrons. The minimum atomic E-state index is 0.518. The molecule has 0 amide bonds. The summed E-state index contributed by atoms with van der Waals surface area (Å²) in [4.78, 5) is 9.23. The van der Waals surface area contributed by atoms with Crippen LogP contribution in [0.2, 0.25) is 0 Å². The van der Waals surface area contributed by atoms with Crippen LogP contribution in [-0.2, 0) is 0 Å². The monoisotopic (exact) mass is 260 g/mol. The van der Waals surface area contributed by atoms with Gasteiger partial charge in [-0.25, -0.2) is 9.97 Å². The van der Waals surface area contributed by atoms with E-state index in [9.17, 15) is 0 Å². The van der Waals surface area contributed by atoms with Crippen molar-refractivity contribution in [3.05, 3.63) is 11.9 Å². The van der Waals surface area contributed by atoms with Gasteiger partial charge in [0.2, 0.25) is 0 Å². The number of rotatable bonds is 6. The molecule has 2 aliphatic rings. The summed E-state index contributed by atoms with van der Waals surface area (Å²) in [6, 6.07) is 2.02. The van der Waals surface area contributed by atoms with Gasteiger partial charge >= 0.3 is 0 Å². The van der Waals surface area contributed by atoms with Crippen molar-refractivity contribution in [3.63, 3.8) is 0 Å². The number of hydrogen-bond donors (Lipinski definition) is 2. The largest absolute Gasteiger partial charge is 0.373 e. The van der Waals surface area contributed by atoms with Crippen molar-refractivity contribution >= 4 is 11.6 Å². The highest BCUT2D eigenvalue weighted by Gasteiger charge is 2.35. The Bertz CT molecular complexity index is 444. The fourth-order valence-corrected chi connectivity index (χ4v) is 2.82. The number of aromatic nitrogens is 2. The molecule has 4 nitrogen and oxygen atoms in total. The second-order valence-corrected chi connectivity index (χ2v) is 6.08. The Morgan fingerprint density at radius 2 is 2.00 bits per heavy atom. The summed E-state index contributed by atoms with van der Waals surface area (Å²) in [5, 5.41) is 6.68. The summed E-state index contributed by atoms with van der Waals surface area (Å²) in [6.45, 7) is 3.35. The highest BCUT2D eigenvalue weighted by Crippen LogP contribution is 2.44. The fourth-order valence-electron chi connectivity index (χ4n) is 2.82. The van der Waals surface area contributed by atoms with E-state index in [0.29, 0.717) is 11.3 Å². The van der Waals surface area contributed by atoms with Gasteiger partial charge in [0.05, 0.1) is 0 Å². The van der Waals surface area contributed by atoms with Crippen LogP contribution >= 0.6 is 0 Å². The van der Waals surface area contributed by atoms with Gasteiger partial charge in [-0.2, -0.15) is 0 Å². The lowest BCUT2D eigenvalue weighted by molar-refractivity contribution is 0.145. The maximum atomic E-state index is 4.68. The van der Waals surface area contributed by atoms with E-state index in [1.165, 1.54) is 38.5 Å². The summed E-state index contributed by atoms with van der Waals surface area (Å²) in [6.07, 6.45) is 7.84. The van der Waals surface area contributed by atoms with E-state index in [0.717, 1.165) is 24.0 Å². The van der Waals surface area contributed by atoms with E-state index in [-0.39, 0.29) is 0 Å². The maximum absolute atomic E-state index is 4.68. The van der Waals surface area contributed by atoms with E-state index in [1.807, 2.05) is 13.1 Å². The molecule has 0 atom stereocenters. The molecule has 0 bridgehead atoms. The van der Waals surface area contributed by atoms with Crippen molar-refractivity contribution < 1.29 is 0 Å². The molecular formula is C15H24N4. The number of hydrogen-bond acceptors (Lipinski definition) is 4. The molecule has 2 aliphatic carbocycles. The van der Waals surface area contributed by atoms with Crippen LogP contribution in [0.4, 0.5) is 11.6 Å². The second kappa shape index (κ2) is 4.99. The molecule has 2 fully saturated rings. The van der Waals surface area contributed by atoms with Gasteiger partial charge in [0.15, 0.2) is 0 Å². The first-order chi connectivity index (χ1) is 9.24. The Balaban J connectivity index is 1.70. The van der Waals surface area contributed by atoms with E-state index in [2.05, 4.69) is 27.5 Å². The average molecular weight is 260 g/mol. The van der Waals surface area contributed by atoms with E-state index in [4.69, 9.17) is 0 Å². The quantitative estimate of drug-likeness (QED) is 0.823. The number of nitrogens with zero attached hydrogens (tertiary/aromatic N) is 2. The normalized spacial score (nSPS) is 20.7. The van der Waals surface area contributed by atoms with E-state index in [1.54, 1.807) is 0 Å². The van der Waals surface area contributed by atoms with Gasteiger partial charge in [-0.15, -0.1) is 0 Å². The van der Waals surface area contributed by atoms with Gasteiger partial charge in [-0.05, 0) is 37.5 Å². The predicted octanol–water partition coefficient (Wildman–Crippen LogP) is 3.39. The SMILES string of the molecule is CCC1(CNc2cc(NC)nc(C3CC3)n2)CCC1. The van der Waals surface area contributed by atoms with Crippen LogP contribution in [-0.4, -0.2) is 23.6 Å². The highest BCUT2D eigenvalue weighted by molar-refractivity contribution is 5.48. The lowest BCUT2D eigenvalue weighted by Gasteiger charge is -2.41. The van der Waals surface area contributed by atoms with Crippen molar-refractivity contribution in [2.24, 2.45) is 5.41 Å². The molecule has 2 N–H and O–H groups in total. The van der Waals surface area contributed by atoms with E-state index >= 15 is 0 Å². The molecule has 4 heteroatoms. The Labute approximate surface area is 115 Å². The minimum absolute atomic E-state index is 0.518. The summed E-state index contributed by atoms with van der Waals surface area (Å²) < 4.78 is 0. The van der Waals surface area contributed by atoms with Gasteiger partial charge in [0, 0.05) is 25.6 Å². The summed E-state index contributed by atoms with van der Waals surface area (Å²) in [5.41, 5.74) is 0.518. The van der Waals surface area contributed by atoms with Crippen LogP contribution in [0, 0.1) is 5.41 Å². The van der Waals surface area contributed by atoms with Crippen LogP contribution in [0.25, 0.3) is 0 Å². The standard InChI is InChI=1S/C15H24N4/c1-3-15(7-4-8-15)10-17-13-9-12(16-2)18-14(19-13)11-5-6-11/h9,11H,3-8,10H2,1-2H3,(H2,16,17,18,19). The lowest BCUT2D eigenvalue weighted by atomic mass is 9.67. The third kappa shape index (κ3) is 2.67. The molecular weight excluding hydrogens is 236 g/mol. The molecule has 1 aromatic heterocycles. The highest BCUT2D eigenvalue weighted by atomic mass is 15.1. The molecule has 104 valence electrons. The van der Waals surface area contributed by atoms with Crippen molar-refractivity contribution in [2.45, 2.75) is 51.4 Å². The number of nitrogens with one attached hydrogen (secondary N) is 2. The van der Waals surface area contributed by atoms with Crippen molar-refractivity contribution in [1.82, 2.24) is 9.97 Å². The molecule has 0 unspecified atom stereocenters. The molecule has 1 aromatic rings. The van der Waals surface area contributed by atoms with Gasteiger partial charge in [-0.3, -0.25) is 0 Å². The first-order valence-corrected chi connectivity index (χ1v) is 7.55. The average Bonchev–Trinajstić information content (AvgIpc) is 3.22. The third-order valence-electron chi connectivity index (χ3n) is 4.75. The predicted molar refractivity (Wildman–Crippen MR) is 78.6 cm³/mol. The summed E-state index contributed by atoms with van der Waals surface area (Å²) >= 11 is 0. The molecule has 2 saturated carbocycles. The Hall–Kier alpha value is -1.32. The summed E-state index contributed by atoms with van der Waals surface area (Å²) in [5.74, 6) is 3.52. The molecule has 0 spiro atoms. The van der Waals surface area contributed by atoms with Crippen molar-refractivity contribution in [2.75, 3.05) is 24.2 Å². The molecule has 0 aliphatic heterocycles. The topological polar surface area (TPSA) is 49.8 Å². The lowest BCUT2D eigenvalue weighted by Crippen LogP contribution is -2.36. The molecule has 1 heterocycles. The van der Waals surface area contributed by atoms with Crippen molar-refractivity contribution in [1.29, 1.82) is 0 Å². The van der Waals surface area contributed by atoms with Crippen LogP contribution in [0.5, 0.6) is 0 Å². The smallest absolute Gasteiger partial charge is 0.136 e. The van der Waals surface area contributed by atoms with Gasteiger partial charge in [0.25, 0.3) is 0 Å². The minimum Gasteiger partial charge on any atom is -0.373 e. The molecule has 19 heavy (non-hydrogen) atoms. The first-order valence-electron chi connectivity index (χ1n) is 7.55. The van der Waals surface area contributed by atoms with Crippen LogP contribution in [0.15, 0.2) is 6.07 Å². The van der Waals surface area contributed by atoms with Crippen LogP contribution in [0.1, 0.15) is 57.2 Å². The van der Waals surface area contributed by atoms with Gasteiger partial charge in [0.1, 0.15) is 17.5 Å². The zero-order valence-corrected chi connectivity index (χ0v) is 12.0. The van der Waals surface area contributed by atoms with Crippen LogP contribution < -0.4 is 10.6 Å². The Kier molecular flexibility index (Phi) is 3.33. The molecule has 0 aromatic carbocycles. The Morgan fingerprint density at radius 1 is 1.26 bits per heavy atom. The molecule has 3 rings (SSSR count). The fraction of sp³-hybridized carbons (Fsp3) is 0.733. The van der Waals surface area contributed by atoms with Gasteiger partial charge < -0.3 is 10.6 Å². The Morgan fingerprint density at radius 3 is 2.53 bits per heavy atom. The van der Waals surface area contributed by atoms with E-state index < -0.39 is 0 Å². The summed E-state index contributed by atoms with van der Waals surface area (Å²) in [7, 11) is 1.92.